The summed E-state index contributed by atoms with van der Waals surface area (Å²) in [6.45, 7) is 8.54. The third-order valence-electron chi connectivity index (χ3n) is 0.414. The summed E-state index contributed by atoms with van der Waals surface area (Å²) in [6, 6.07) is 0. The van der Waals surface area contributed by atoms with Crippen LogP contribution in [0.15, 0.2) is 18.2 Å². The van der Waals surface area contributed by atoms with E-state index in [9.17, 15) is 0 Å². The average molecular weight is 148 g/mol. The predicted molar refractivity (Wildman–Crippen MR) is 28.7 cm³/mol. The topological polar surface area (TPSA) is 17.1 Å². The second kappa shape index (κ2) is 15.8. The molecule has 0 radical (unpaired) electrons. The van der Waals surface area contributed by atoms with Gasteiger partial charge in [0.05, 0.1) is 0 Å². The van der Waals surface area contributed by atoms with Crippen molar-refractivity contribution >= 4 is 0 Å². The van der Waals surface area contributed by atoms with Crippen LogP contribution in [0.5, 0.6) is 0 Å². The van der Waals surface area contributed by atoms with Crippen molar-refractivity contribution < 1.29 is 20.0 Å². The molecular weight excluding hydrogens is 140 g/mol. The Kier molecular flexibility index (Phi) is 21.2. The first-order valence-electron chi connectivity index (χ1n) is 2.07. The molecule has 0 aliphatic heterocycles. The number of hydrogen-bond donors (Lipinski definition) is 0. The molecule has 0 aromatic rings. The normalized spacial score (nSPS) is 7.62. The van der Waals surface area contributed by atoms with Gasteiger partial charge in [0.2, 0.25) is 0 Å². The average Bonchev–Trinajstić information content (AvgIpc) is 1.88. The molecule has 0 aliphatic rings. The summed E-state index contributed by atoms with van der Waals surface area (Å²) in [7, 11) is 0. The number of rotatable bonds is 2. The van der Waals surface area contributed by atoms with Crippen LogP contribution in [0.3, 0.4) is 0 Å². The van der Waals surface area contributed by atoms with Crippen LogP contribution in [-0.2, 0) is 20.0 Å². The van der Waals surface area contributed by atoms with E-state index in [1.165, 1.54) is 22.3 Å². The first-order valence-corrected chi connectivity index (χ1v) is 2.60. The summed E-state index contributed by atoms with van der Waals surface area (Å²) in [6.07, 6.45) is 5.96. The van der Waals surface area contributed by atoms with E-state index in [0.29, 0.717) is 0 Å². The van der Waals surface area contributed by atoms with Gasteiger partial charge in [-0.1, -0.05) is 0 Å². The van der Waals surface area contributed by atoms with E-state index < -0.39 is 0 Å². The van der Waals surface area contributed by atoms with Crippen LogP contribution in [0.25, 0.3) is 0 Å². The molecule has 46 valence electrons. The van der Waals surface area contributed by atoms with Crippen LogP contribution < -0.4 is 0 Å². The summed E-state index contributed by atoms with van der Waals surface area (Å²) >= 11 is 1.38. The van der Waals surface area contributed by atoms with Gasteiger partial charge in [0.25, 0.3) is 0 Å². The zero-order chi connectivity index (χ0) is 6.83. The number of allylic oxidation sites excluding steroid dienone is 3. The van der Waals surface area contributed by atoms with E-state index in [2.05, 4.69) is 6.92 Å². The van der Waals surface area contributed by atoms with E-state index in [-0.39, 0.29) is 0 Å². The van der Waals surface area contributed by atoms with Crippen molar-refractivity contribution in [2.24, 2.45) is 0 Å². The van der Waals surface area contributed by atoms with Gasteiger partial charge in [-0.15, -0.1) is 0 Å². The van der Waals surface area contributed by atoms with E-state index in [0.717, 1.165) is 6.42 Å². The molecule has 0 aromatic heterocycles. The van der Waals surface area contributed by atoms with Gasteiger partial charge in [-0.2, -0.15) is 12.5 Å². The Balaban J connectivity index is 0. The van der Waals surface area contributed by atoms with Crippen LogP contribution in [0.2, 0.25) is 0 Å². The van der Waals surface area contributed by atoms with Crippen molar-refractivity contribution in [2.45, 2.75) is 6.42 Å². The summed E-state index contributed by atoms with van der Waals surface area (Å²) in [5.41, 5.74) is 0. The molecule has 0 saturated carbocycles. The summed E-state index contributed by atoms with van der Waals surface area (Å²) in [5, 5.41) is 0. The van der Waals surface area contributed by atoms with E-state index in [1.54, 1.807) is 6.08 Å². The van der Waals surface area contributed by atoms with E-state index in [1.807, 2.05) is 6.08 Å². The van der Waals surface area contributed by atoms with Crippen LogP contribution in [0.4, 0.5) is 0 Å². The fraction of sp³-hybridized carbons (Fsp3) is 0.167. The van der Waals surface area contributed by atoms with E-state index >= 15 is 0 Å². The Morgan fingerprint density at radius 3 is 2.25 bits per heavy atom. The first kappa shape index (κ1) is 10.7. The van der Waals surface area contributed by atoms with Crippen molar-refractivity contribution in [3.8, 4) is 0 Å². The SMILES string of the molecule is [CH-]=C/C=C\C[CH2-].[O]=[Cr]. The standard InChI is InChI=1S/C6H8.Cr.O/c1-3-5-6-4-2;;/h1,3,5-6H,2,4H2;;/q-2;;/b6-5-;;. The fourth-order valence-corrected chi connectivity index (χ4v) is 0.175. The van der Waals surface area contributed by atoms with Gasteiger partial charge in [-0.05, 0) is 0 Å². The first-order chi connectivity index (χ1) is 3.91. The Labute approximate surface area is 58.7 Å². The zero-order valence-corrected chi connectivity index (χ0v) is 5.82. The Morgan fingerprint density at radius 2 is 2.12 bits per heavy atom. The van der Waals surface area contributed by atoms with Gasteiger partial charge < -0.3 is 6.92 Å². The Morgan fingerprint density at radius 1 is 1.62 bits per heavy atom. The quantitative estimate of drug-likeness (QED) is 0.429. The maximum atomic E-state index is 8.12. The van der Waals surface area contributed by atoms with Crippen LogP contribution in [0, 0.1) is 13.5 Å². The van der Waals surface area contributed by atoms with Gasteiger partial charge in [-0.25, -0.2) is 12.2 Å². The molecule has 0 aromatic carbocycles. The number of hydrogen-bond acceptors (Lipinski definition) is 1. The molecule has 0 fully saturated rings. The molecule has 0 unspecified atom stereocenters. The molecule has 8 heavy (non-hydrogen) atoms. The zero-order valence-electron chi connectivity index (χ0n) is 4.54. The second-order valence-electron chi connectivity index (χ2n) is 0.909. The molecule has 0 N–H and O–H groups in total. The summed E-state index contributed by atoms with van der Waals surface area (Å²) < 4.78 is 8.12. The monoisotopic (exact) mass is 148 g/mol. The van der Waals surface area contributed by atoms with E-state index in [4.69, 9.17) is 10.4 Å². The molecule has 0 heterocycles. The van der Waals surface area contributed by atoms with Gasteiger partial charge in [0.15, 0.2) is 0 Å². The minimum absolute atomic E-state index is 0.813. The summed E-state index contributed by atoms with van der Waals surface area (Å²) in [4.78, 5) is 0. The summed E-state index contributed by atoms with van der Waals surface area (Å²) in [5.74, 6) is 0. The van der Waals surface area contributed by atoms with Gasteiger partial charge in [0, 0.05) is 0 Å². The van der Waals surface area contributed by atoms with Gasteiger partial charge in [0.1, 0.15) is 0 Å². The predicted octanol–water partition coefficient (Wildman–Crippen LogP) is 1.63. The maximum absolute atomic E-state index is 8.12. The molecule has 0 atom stereocenters. The molecule has 0 rings (SSSR count). The second-order valence-corrected chi connectivity index (χ2v) is 0.909. The van der Waals surface area contributed by atoms with Crippen LogP contribution >= 0.6 is 0 Å². The molecule has 2 heteroatoms. The molecule has 0 saturated heterocycles. The molecule has 0 amide bonds. The van der Waals surface area contributed by atoms with Crippen LogP contribution in [-0.4, -0.2) is 0 Å². The molecule has 0 bridgehead atoms. The third-order valence-corrected chi connectivity index (χ3v) is 0.414. The molecule has 1 nitrogen and oxygen atoms in total. The van der Waals surface area contributed by atoms with Crippen LogP contribution in [0.1, 0.15) is 6.42 Å². The minimum atomic E-state index is 0.813. The van der Waals surface area contributed by atoms with Gasteiger partial charge in [-0.3, -0.25) is 6.58 Å². The molecular formula is C6H8CrO-2. The van der Waals surface area contributed by atoms with Gasteiger partial charge >= 0.3 is 20.0 Å². The van der Waals surface area contributed by atoms with Crippen molar-refractivity contribution in [3.63, 3.8) is 0 Å². The molecule has 0 aliphatic carbocycles. The van der Waals surface area contributed by atoms with Crippen molar-refractivity contribution in [1.82, 2.24) is 0 Å². The Bertz CT molecular complexity index is 68.9. The van der Waals surface area contributed by atoms with Crippen molar-refractivity contribution in [2.75, 3.05) is 0 Å². The third kappa shape index (κ3) is 17.0. The Hall–Kier alpha value is -0.188. The molecule has 0 spiro atoms. The van der Waals surface area contributed by atoms with Crippen molar-refractivity contribution in [3.05, 3.63) is 31.7 Å². The fourth-order valence-electron chi connectivity index (χ4n) is 0.175. The van der Waals surface area contributed by atoms with Crippen molar-refractivity contribution in [1.29, 1.82) is 0 Å².